The standard InChI is InChI=1S/C12H15ClN2O/c1-7-4-8(13)5-9-11(7)16-10(15-9)6-12(2,3)14/h4-5H,6,14H2,1-3H3. The summed E-state index contributed by atoms with van der Waals surface area (Å²) in [5.74, 6) is 0.660. The molecule has 1 aromatic carbocycles. The molecule has 0 aliphatic rings. The van der Waals surface area contributed by atoms with Gasteiger partial charge in [-0.25, -0.2) is 4.98 Å². The zero-order chi connectivity index (χ0) is 11.9. The molecule has 86 valence electrons. The molecule has 2 rings (SSSR count). The summed E-state index contributed by atoms with van der Waals surface area (Å²) in [6.07, 6.45) is 0.610. The van der Waals surface area contributed by atoms with Gasteiger partial charge in [0.1, 0.15) is 5.52 Å². The highest BCUT2D eigenvalue weighted by Gasteiger charge is 2.17. The smallest absolute Gasteiger partial charge is 0.197 e. The summed E-state index contributed by atoms with van der Waals surface area (Å²) < 4.78 is 5.68. The molecule has 0 aliphatic carbocycles. The summed E-state index contributed by atoms with van der Waals surface area (Å²) in [5.41, 5.74) is 8.20. The summed E-state index contributed by atoms with van der Waals surface area (Å²) in [6.45, 7) is 5.85. The van der Waals surface area contributed by atoms with E-state index in [2.05, 4.69) is 4.98 Å². The monoisotopic (exact) mass is 238 g/mol. The molecule has 0 bridgehead atoms. The van der Waals surface area contributed by atoms with Gasteiger partial charge < -0.3 is 10.2 Å². The molecule has 0 saturated carbocycles. The summed E-state index contributed by atoms with van der Waals surface area (Å²) in [7, 11) is 0. The van der Waals surface area contributed by atoms with E-state index < -0.39 is 0 Å². The van der Waals surface area contributed by atoms with Crippen LogP contribution in [0.2, 0.25) is 5.02 Å². The summed E-state index contributed by atoms with van der Waals surface area (Å²) >= 11 is 5.96. The van der Waals surface area contributed by atoms with Gasteiger partial charge in [0.25, 0.3) is 0 Å². The highest BCUT2D eigenvalue weighted by atomic mass is 35.5. The SMILES string of the molecule is Cc1cc(Cl)cc2nc(CC(C)(C)N)oc12. The third-order valence-electron chi connectivity index (χ3n) is 2.29. The Balaban J connectivity index is 2.48. The Morgan fingerprint density at radius 2 is 2.12 bits per heavy atom. The minimum absolute atomic E-state index is 0.321. The maximum Gasteiger partial charge on any atom is 0.197 e. The number of rotatable bonds is 2. The highest BCUT2D eigenvalue weighted by molar-refractivity contribution is 6.31. The quantitative estimate of drug-likeness (QED) is 0.875. The predicted molar refractivity (Wildman–Crippen MR) is 65.7 cm³/mol. The first-order chi connectivity index (χ1) is 7.35. The Bertz CT molecular complexity index is 526. The minimum atomic E-state index is -0.321. The lowest BCUT2D eigenvalue weighted by Crippen LogP contribution is -2.34. The Hall–Kier alpha value is -1.06. The second-order valence-electron chi connectivity index (χ2n) is 4.84. The molecular formula is C12H15ClN2O. The first kappa shape index (κ1) is 11.4. The van der Waals surface area contributed by atoms with Crippen LogP contribution in [-0.4, -0.2) is 10.5 Å². The number of benzene rings is 1. The number of aryl methyl sites for hydroxylation is 1. The van der Waals surface area contributed by atoms with Crippen LogP contribution in [0.4, 0.5) is 0 Å². The van der Waals surface area contributed by atoms with Crippen molar-refractivity contribution in [2.45, 2.75) is 32.7 Å². The fourth-order valence-electron chi connectivity index (χ4n) is 1.67. The van der Waals surface area contributed by atoms with Crippen molar-refractivity contribution >= 4 is 22.7 Å². The van der Waals surface area contributed by atoms with Crippen molar-refractivity contribution in [2.75, 3.05) is 0 Å². The van der Waals surface area contributed by atoms with Gasteiger partial charge in [-0.05, 0) is 38.5 Å². The lowest BCUT2D eigenvalue weighted by molar-refractivity contribution is 0.433. The number of hydrogen-bond donors (Lipinski definition) is 1. The predicted octanol–water partition coefficient (Wildman–Crippen LogP) is 3.07. The van der Waals surface area contributed by atoms with Crippen LogP contribution in [0.3, 0.4) is 0 Å². The van der Waals surface area contributed by atoms with Gasteiger partial charge in [-0.3, -0.25) is 0 Å². The number of oxazole rings is 1. The van der Waals surface area contributed by atoms with Crippen molar-refractivity contribution < 1.29 is 4.42 Å². The molecule has 0 amide bonds. The molecule has 0 saturated heterocycles. The molecule has 0 spiro atoms. The Kier molecular flexibility index (Phi) is 2.68. The maximum absolute atomic E-state index is 5.96. The molecule has 0 radical (unpaired) electrons. The van der Waals surface area contributed by atoms with Gasteiger partial charge in [-0.15, -0.1) is 0 Å². The van der Waals surface area contributed by atoms with E-state index in [1.54, 1.807) is 6.07 Å². The number of nitrogens with two attached hydrogens (primary N) is 1. The number of halogens is 1. The number of aromatic nitrogens is 1. The summed E-state index contributed by atoms with van der Waals surface area (Å²) in [5, 5.41) is 0.678. The van der Waals surface area contributed by atoms with Crippen LogP contribution in [0.5, 0.6) is 0 Å². The Morgan fingerprint density at radius 3 is 2.75 bits per heavy atom. The van der Waals surface area contributed by atoms with E-state index in [4.69, 9.17) is 21.8 Å². The third kappa shape index (κ3) is 2.36. The maximum atomic E-state index is 5.96. The lowest BCUT2D eigenvalue weighted by Gasteiger charge is -2.14. The molecule has 2 N–H and O–H groups in total. The van der Waals surface area contributed by atoms with Crippen LogP contribution in [0, 0.1) is 6.92 Å². The normalized spacial score (nSPS) is 12.3. The average Bonchev–Trinajstić information content (AvgIpc) is 2.43. The highest BCUT2D eigenvalue weighted by Crippen LogP contribution is 2.25. The fourth-order valence-corrected chi connectivity index (χ4v) is 1.94. The van der Waals surface area contributed by atoms with E-state index in [9.17, 15) is 0 Å². The van der Waals surface area contributed by atoms with Crippen LogP contribution in [0.25, 0.3) is 11.1 Å². The molecule has 2 aromatic rings. The van der Waals surface area contributed by atoms with Gasteiger partial charge in [0, 0.05) is 17.0 Å². The van der Waals surface area contributed by atoms with E-state index in [-0.39, 0.29) is 5.54 Å². The molecule has 3 nitrogen and oxygen atoms in total. The van der Waals surface area contributed by atoms with Gasteiger partial charge in [0.2, 0.25) is 0 Å². The molecule has 0 unspecified atom stereocenters. The zero-order valence-corrected chi connectivity index (χ0v) is 10.4. The average molecular weight is 239 g/mol. The van der Waals surface area contributed by atoms with E-state index >= 15 is 0 Å². The Morgan fingerprint density at radius 1 is 1.44 bits per heavy atom. The van der Waals surface area contributed by atoms with E-state index in [0.29, 0.717) is 17.3 Å². The van der Waals surface area contributed by atoms with Crippen molar-refractivity contribution in [3.8, 4) is 0 Å². The molecule has 0 aliphatic heterocycles. The molecule has 0 fully saturated rings. The van der Waals surface area contributed by atoms with Gasteiger partial charge >= 0.3 is 0 Å². The number of fused-ring (bicyclic) bond motifs is 1. The summed E-state index contributed by atoms with van der Waals surface area (Å²) in [6, 6.07) is 3.67. The van der Waals surface area contributed by atoms with Crippen molar-refractivity contribution in [1.29, 1.82) is 0 Å². The van der Waals surface area contributed by atoms with Crippen molar-refractivity contribution in [3.05, 3.63) is 28.6 Å². The van der Waals surface area contributed by atoms with Crippen molar-refractivity contribution in [3.63, 3.8) is 0 Å². The first-order valence-electron chi connectivity index (χ1n) is 5.19. The Labute approximate surface area is 99.6 Å². The fraction of sp³-hybridized carbons (Fsp3) is 0.417. The lowest BCUT2D eigenvalue weighted by atomic mass is 10.0. The molecule has 1 heterocycles. The van der Waals surface area contributed by atoms with Crippen LogP contribution < -0.4 is 5.73 Å². The van der Waals surface area contributed by atoms with E-state index in [1.807, 2.05) is 26.8 Å². The zero-order valence-electron chi connectivity index (χ0n) is 9.67. The molecule has 0 atom stereocenters. The second kappa shape index (κ2) is 3.75. The number of nitrogens with zero attached hydrogens (tertiary/aromatic N) is 1. The van der Waals surface area contributed by atoms with Crippen LogP contribution in [-0.2, 0) is 6.42 Å². The third-order valence-corrected chi connectivity index (χ3v) is 2.51. The summed E-state index contributed by atoms with van der Waals surface area (Å²) in [4.78, 5) is 4.39. The van der Waals surface area contributed by atoms with Crippen LogP contribution >= 0.6 is 11.6 Å². The van der Waals surface area contributed by atoms with Crippen molar-refractivity contribution in [1.82, 2.24) is 4.98 Å². The van der Waals surface area contributed by atoms with Gasteiger partial charge in [-0.1, -0.05) is 11.6 Å². The molecule has 16 heavy (non-hydrogen) atoms. The number of hydrogen-bond acceptors (Lipinski definition) is 3. The van der Waals surface area contributed by atoms with Crippen LogP contribution in [0.1, 0.15) is 25.3 Å². The van der Waals surface area contributed by atoms with Crippen molar-refractivity contribution in [2.24, 2.45) is 5.73 Å². The van der Waals surface area contributed by atoms with Gasteiger partial charge in [-0.2, -0.15) is 0 Å². The minimum Gasteiger partial charge on any atom is -0.440 e. The van der Waals surface area contributed by atoms with Crippen LogP contribution in [0.15, 0.2) is 16.5 Å². The van der Waals surface area contributed by atoms with Gasteiger partial charge in [0.15, 0.2) is 11.5 Å². The van der Waals surface area contributed by atoms with E-state index in [1.165, 1.54) is 0 Å². The molecule has 4 heteroatoms. The molecular weight excluding hydrogens is 224 g/mol. The van der Waals surface area contributed by atoms with Gasteiger partial charge in [0.05, 0.1) is 0 Å². The topological polar surface area (TPSA) is 52.0 Å². The molecule has 1 aromatic heterocycles. The largest absolute Gasteiger partial charge is 0.440 e. The van der Waals surface area contributed by atoms with E-state index in [0.717, 1.165) is 16.7 Å². The second-order valence-corrected chi connectivity index (χ2v) is 5.28. The first-order valence-corrected chi connectivity index (χ1v) is 5.57.